The lowest BCUT2D eigenvalue weighted by Crippen LogP contribution is -2.48. The van der Waals surface area contributed by atoms with Crippen LogP contribution >= 0.6 is 0 Å². The number of rotatable bonds is 3. The number of nitrogens with one attached hydrogen (secondary N) is 1. The Bertz CT molecular complexity index is 477. The molecule has 6 heteroatoms. The quantitative estimate of drug-likeness (QED) is 0.931. The fraction of sp³-hybridized carbons (Fsp3) is 0.533. The van der Waals surface area contributed by atoms with Gasteiger partial charge < -0.3 is 10.2 Å². The van der Waals surface area contributed by atoms with Crippen molar-refractivity contribution in [2.24, 2.45) is 0 Å². The molecule has 1 aliphatic rings. The zero-order valence-corrected chi connectivity index (χ0v) is 11.9. The van der Waals surface area contributed by atoms with Crippen LogP contribution < -0.4 is 5.32 Å². The number of likely N-dealkylation sites (tertiary alicyclic amines) is 1. The Morgan fingerprint density at radius 2 is 1.81 bits per heavy atom. The Labute approximate surface area is 122 Å². The van der Waals surface area contributed by atoms with Gasteiger partial charge in [-0.05, 0) is 25.3 Å². The zero-order valence-electron chi connectivity index (χ0n) is 11.9. The molecule has 0 aromatic heterocycles. The summed E-state index contributed by atoms with van der Waals surface area (Å²) in [7, 11) is 0. The van der Waals surface area contributed by atoms with Gasteiger partial charge in [-0.3, -0.25) is 4.79 Å². The van der Waals surface area contributed by atoms with Crippen LogP contribution in [0.25, 0.3) is 0 Å². The third-order valence-electron chi connectivity index (χ3n) is 3.74. The van der Waals surface area contributed by atoms with Crippen LogP contribution in [0, 0.1) is 6.92 Å². The Hall–Kier alpha value is -1.56. The van der Waals surface area contributed by atoms with E-state index < -0.39 is 12.1 Å². The fourth-order valence-corrected chi connectivity index (χ4v) is 2.43. The highest BCUT2D eigenvalue weighted by Crippen LogP contribution is 2.21. The molecule has 2 rings (SSSR count). The van der Waals surface area contributed by atoms with Crippen molar-refractivity contribution in [2.45, 2.75) is 38.5 Å². The Morgan fingerprint density at radius 1 is 1.24 bits per heavy atom. The van der Waals surface area contributed by atoms with Gasteiger partial charge in [0.15, 0.2) is 0 Å². The van der Waals surface area contributed by atoms with E-state index in [0.29, 0.717) is 19.4 Å². The van der Waals surface area contributed by atoms with Crippen LogP contribution in [0.2, 0.25) is 0 Å². The van der Waals surface area contributed by atoms with E-state index in [1.54, 1.807) is 0 Å². The van der Waals surface area contributed by atoms with Gasteiger partial charge >= 0.3 is 12.1 Å². The van der Waals surface area contributed by atoms with E-state index in [1.165, 1.54) is 5.56 Å². The molecule has 21 heavy (non-hydrogen) atoms. The predicted octanol–water partition coefficient (Wildman–Crippen LogP) is 2.64. The lowest BCUT2D eigenvalue weighted by Gasteiger charge is -2.32. The molecule has 1 N–H and O–H groups in total. The molecule has 0 radical (unpaired) electrons. The van der Waals surface area contributed by atoms with E-state index >= 15 is 0 Å². The molecule has 3 nitrogen and oxygen atoms in total. The van der Waals surface area contributed by atoms with Crippen LogP contribution in [0.5, 0.6) is 0 Å². The Morgan fingerprint density at radius 3 is 2.33 bits per heavy atom. The second-order valence-corrected chi connectivity index (χ2v) is 5.43. The van der Waals surface area contributed by atoms with Crippen molar-refractivity contribution in [2.75, 3.05) is 13.1 Å². The van der Waals surface area contributed by atoms with Crippen LogP contribution in [0.15, 0.2) is 24.3 Å². The number of amides is 1. The highest BCUT2D eigenvalue weighted by atomic mass is 19.4. The molecule has 1 aromatic rings. The topological polar surface area (TPSA) is 32.3 Å². The van der Waals surface area contributed by atoms with Gasteiger partial charge in [-0.25, -0.2) is 0 Å². The molecule has 1 fully saturated rings. The number of hydrogen-bond donors (Lipinski definition) is 1. The Kier molecular flexibility index (Phi) is 4.88. The lowest BCUT2D eigenvalue weighted by atomic mass is 10.0. The summed E-state index contributed by atoms with van der Waals surface area (Å²) in [6, 6.07) is 8.28. The molecule has 1 aliphatic heterocycles. The number of carbonyl (C=O) groups excluding carboxylic acids is 1. The summed E-state index contributed by atoms with van der Waals surface area (Å²) < 4.78 is 37.0. The first kappa shape index (κ1) is 15.8. The first-order chi connectivity index (χ1) is 9.86. The van der Waals surface area contributed by atoms with E-state index in [2.05, 4.69) is 5.32 Å². The van der Waals surface area contributed by atoms with Gasteiger partial charge in [-0.1, -0.05) is 29.8 Å². The van der Waals surface area contributed by atoms with Crippen molar-refractivity contribution in [1.82, 2.24) is 10.2 Å². The van der Waals surface area contributed by atoms with Gasteiger partial charge in [0.1, 0.15) is 0 Å². The molecule has 0 aliphatic carbocycles. The van der Waals surface area contributed by atoms with Crippen molar-refractivity contribution < 1.29 is 18.0 Å². The summed E-state index contributed by atoms with van der Waals surface area (Å²) in [6.07, 6.45) is -3.66. The van der Waals surface area contributed by atoms with E-state index in [4.69, 9.17) is 0 Å². The highest BCUT2D eigenvalue weighted by Gasteiger charge is 2.43. The molecule has 1 heterocycles. The van der Waals surface area contributed by atoms with Crippen LogP contribution in [0.3, 0.4) is 0 Å². The van der Waals surface area contributed by atoms with Gasteiger partial charge in [0.05, 0.1) is 0 Å². The molecule has 0 unspecified atom stereocenters. The maximum Gasteiger partial charge on any atom is 0.471 e. The number of carbonyl (C=O) groups is 1. The Balaban J connectivity index is 1.77. The number of halogens is 3. The average molecular weight is 300 g/mol. The molecular formula is C15H19F3N2O. The molecule has 0 saturated carbocycles. The maximum absolute atomic E-state index is 12.3. The standard InChI is InChI=1S/C15H19F3N2O/c1-11-2-4-12(5-3-11)10-19-13-6-8-20(9-7-13)14(21)15(16,17)18/h2-5,13,19H,6-10H2,1H3. The molecular weight excluding hydrogens is 281 g/mol. The van der Waals surface area contributed by atoms with Crippen LogP contribution in [-0.4, -0.2) is 36.1 Å². The summed E-state index contributed by atoms with van der Waals surface area (Å²) in [4.78, 5) is 12.0. The van der Waals surface area contributed by atoms with Gasteiger partial charge in [0.25, 0.3) is 0 Å². The van der Waals surface area contributed by atoms with E-state index in [1.807, 2.05) is 31.2 Å². The van der Waals surface area contributed by atoms with Crippen molar-refractivity contribution >= 4 is 5.91 Å². The summed E-state index contributed by atoms with van der Waals surface area (Å²) in [6.45, 7) is 3.02. The number of benzene rings is 1. The molecule has 1 saturated heterocycles. The van der Waals surface area contributed by atoms with Crippen molar-refractivity contribution in [3.63, 3.8) is 0 Å². The summed E-state index contributed by atoms with van der Waals surface area (Å²) >= 11 is 0. The predicted molar refractivity (Wildman–Crippen MR) is 73.7 cm³/mol. The molecule has 116 valence electrons. The highest BCUT2D eigenvalue weighted by molar-refractivity contribution is 5.81. The monoisotopic (exact) mass is 300 g/mol. The van der Waals surface area contributed by atoms with Crippen LogP contribution in [0.4, 0.5) is 13.2 Å². The minimum atomic E-state index is -4.76. The first-order valence-electron chi connectivity index (χ1n) is 7.01. The SMILES string of the molecule is Cc1ccc(CNC2CCN(C(=O)C(F)(F)F)CC2)cc1. The van der Waals surface area contributed by atoms with Crippen LogP contribution in [-0.2, 0) is 11.3 Å². The van der Waals surface area contributed by atoms with Crippen LogP contribution in [0.1, 0.15) is 24.0 Å². The van der Waals surface area contributed by atoms with Gasteiger partial charge in [-0.15, -0.1) is 0 Å². The minimum absolute atomic E-state index is 0.156. The average Bonchev–Trinajstić information content (AvgIpc) is 2.45. The summed E-state index contributed by atoms with van der Waals surface area (Å²) in [5, 5.41) is 3.34. The van der Waals surface area contributed by atoms with Gasteiger partial charge in [0, 0.05) is 25.7 Å². The minimum Gasteiger partial charge on any atom is -0.335 e. The number of hydrogen-bond acceptors (Lipinski definition) is 2. The second-order valence-electron chi connectivity index (χ2n) is 5.43. The van der Waals surface area contributed by atoms with Crippen molar-refractivity contribution in [3.05, 3.63) is 35.4 Å². The van der Waals surface area contributed by atoms with Crippen molar-refractivity contribution in [1.29, 1.82) is 0 Å². The molecule has 1 aromatic carbocycles. The van der Waals surface area contributed by atoms with Gasteiger partial charge in [-0.2, -0.15) is 13.2 Å². The molecule has 0 spiro atoms. The van der Waals surface area contributed by atoms with E-state index in [9.17, 15) is 18.0 Å². The third-order valence-corrected chi connectivity index (χ3v) is 3.74. The zero-order chi connectivity index (χ0) is 15.5. The molecule has 0 bridgehead atoms. The first-order valence-corrected chi connectivity index (χ1v) is 7.01. The number of alkyl halides is 3. The van der Waals surface area contributed by atoms with Gasteiger partial charge in [0.2, 0.25) is 0 Å². The van der Waals surface area contributed by atoms with E-state index in [-0.39, 0.29) is 19.1 Å². The molecule has 0 atom stereocenters. The number of aryl methyl sites for hydroxylation is 1. The fourth-order valence-electron chi connectivity index (χ4n) is 2.43. The normalized spacial score (nSPS) is 17.0. The largest absolute Gasteiger partial charge is 0.471 e. The summed E-state index contributed by atoms with van der Waals surface area (Å²) in [5.74, 6) is -1.72. The summed E-state index contributed by atoms with van der Waals surface area (Å²) in [5.41, 5.74) is 2.34. The number of piperidine rings is 1. The second kappa shape index (κ2) is 6.47. The van der Waals surface area contributed by atoms with Crippen molar-refractivity contribution in [3.8, 4) is 0 Å². The van der Waals surface area contributed by atoms with E-state index in [0.717, 1.165) is 10.5 Å². The lowest BCUT2D eigenvalue weighted by molar-refractivity contribution is -0.186. The maximum atomic E-state index is 12.3. The number of nitrogens with zero attached hydrogens (tertiary/aromatic N) is 1. The smallest absolute Gasteiger partial charge is 0.335 e. The molecule has 1 amide bonds. The third kappa shape index (κ3) is 4.46.